The van der Waals surface area contributed by atoms with E-state index >= 15 is 0 Å². The number of nitrogens with zero attached hydrogens (tertiary/aromatic N) is 1. The topological polar surface area (TPSA) is 26.2 Å². The minimum absolute atomic E-state index is 0.294. The van der Waals surface area contributed by atoms with Gasteiger partial charge in [-0.25, -0.2) is 0 Å². The summed E-state index contributed by atoms with van der Waals surface area (Å²) >= 11 is 0. The number of hydrogen-bond acceptors (Lipinski definition) is 2. The highest BCUT2D eigenvalue weighted by atomic mass is 16.5. The molecule has 0 aliphatic rings. The second kappa shape index (κ2) is 7.62. The van der Waals surface area contributed by atoms with E-state index < -0.39 is 0 Å². The van der Waals surface area contributed by atoms with Crippen molar-refractivity contribution in [3.8, 4) is 0 Å². The summed E-state index contributed by atoms with van der Waals surface area (Å²) in [6, 6.07) is 8.89. The van der Waals surface area contributed by atoms with Gasteiger partial charge in [0.05, 0.1) is 12.7 Å². The maximum atomic E-state index is 5.65. The first-order chi connectivity index (χ1) is 10.1. The van der Waals surface area contributed by atoms with Crippen LogP contribution in [0, 0.1) is 5.92 Å². The second-order valence-electron chi connectivity index (χ2n) is 6.35. The Hall–Kier alpha value is -1.32. The smallest absolute Gasteiger partial charge is 0.0649 e. The Kier molecular flexibility index (Phi) is 5.83. The minimum Gasteiger partial charge on any atom is -0.377 e. The first kappa shape index (κ1) is 16.1. The van der Waals surface area contributed by atoms with Crippen molar-refractivity contribution in [1.82, 2.24) is 9.88 Å². The van der Waals surface area contributed by atoms with E-state index in [2.05, 4.69) is 68.0 Å². The van der Waals surface area contributed by atoms with Gasteiger partial charge >= 0.3 is 0 Å². The summed E-state index contributed by atoms with van der Waals surface area (Å²) in [6.45, 7) is 12.3. The Morgan fingerprint density at radius 1 is 1.14 bits per heavy atom. The summed E-state index contributed by atoms with van der Waals surface area (Å²) in [7, 11) is 0. The van der Waals surface area contributed by atoms with Crippen LogP contribution in [0.15, 0.2) is 30.5 Å². The molecule has 0 fully saturated rings. The van der Waals surface area contributed by atoms with Crippen LogP contribution in [-0.2, 0) is 17.8 Å². The number of nitrogens with one attached hydrogen (secondary N) is 1. The fraction of sp³-hybridized carbons (Fsp3) is 0.556. The van der Waals surface area contributed by atoms with E-state index in [0.717, 1.165) is 26.2 Å². The molecule has 21 heavy (non-hydrogen) atoms. The molecule has 116 valence electrons. The zero-order valence-corrected chi connectivity index (χ0v) is 13.7. The zero-order valence-electron chi connectivity index (χ0n) is 13.7. The first-order valence-corrected chi connectivity index (χ1v) is 7.96. The molecule has 0 saturated heterocycles. The third-order valence-electron chi connectivity index (χ3n) is 3.50. The molecule has 0 aliphatic carbocycles. The van der Waals surface area contributed by atoms with Crippen LogP contribution >= 0.6 is 0 Å². The van der Waals surface area contributed by atoms with Crippen LogP contribution in [0.3, 0.4) is 0 Å². The van der Waals surface area contributed by atoms with Crippen LogP contribution in [0.5, 0.6) is 0 Å². The van der Waals surface area contributed by atoms with Gasteiger partial charge in [-0.2, -0.15) is 0 Å². The normalized spacial score (nSPS) is 11.9. The summed E-state index contributed by atoms with van der Waals surface area (Å²) in [5, 5.41) is 4.80. The molecule has 2 aromatic rings. The lowest BCUT2D eigenvalue weighted by Crippen LogP contribution is -2.18. The number of benzene rings is 1. The highest BCUT2D eigenvalue weighted by Crippen LogP contribution is 2.18. The van der Waals surface area contributed by atoms with Crippen molar-refractivity contribution in [1.29, 1.82) is 0 Å². The molecule has 0 unspecified atom stereocenters. The molecule has 1 aromatic carbocycles. The number of ether oxygens (including phenoxy) is 1. The molecular formula is C18H28N2O. The van der Waals surface area contributed by atoms with Crippen LogP contribution < -0.4 is 5.32 Å². The van der Waals surface area contributed by atoms with Gasteiger partial charge in [-0.3, -0.25) is 0 Å². The summed E-state index contributed by atoms with van der Waals surface area (Å²) in [5.74, 6) is 0.686. The number of hydrogen-bond donors (Lipinski definition) is 1. The standard InChI is InChI=1S/C18H28N2O/c1-14(2)12-19-13-16-5-6-17-7-8-20(18(17)11-16)9-10-21-15(3)4/h5-8,11,14-15,19H,9-10,12-13H2,1-4H3. The highest BCUT2D eigenvalue weighted by Gasteiger charge is 2.03. The fourth-order valence-electron chi connectivity index (χ4n) is 2.43. The molecule has 0 aliphatic heterocycles. The van der Waals surface area contributed by atoms with E-state index in [0.29, 0.717) is 12.0 Å². The van der Waals surface area contributed by atoms with Gasteiger partial charge in [-0.1, -0.05) is 26.0 Å². The summed E-state index contributed by atoms with van der Waals surface area (Å²) in [4.78, 5) is 0. The second-order valence-corrected chi connectivity index (χ2v) is 6.35. The molecule has 0 amide bonds. The number of aromatic nitrogens is 1. The molecule has 1 aromatic heterocycles. The van der Waals surface area contributed by atoms with Crippen molar-refractivity contribution in [3.63, 3.8) is 0 Å². The van der Waals surface area contributed by atoms with Crippen LogP contribution in [0.25, 0.3) is 10.9 Å². The summed E-state index contributed by atoms with van der Waals surface area (Å²) in [6.07, 6.45) is 2.45. The molecule has 0 radical (unpaired) electrons. The lowest BCUT2D eigenvalue weighted by Gasteiger charge is -2.11. The van der Waals surface area contributed by atoms with Gasteiger partial charge in [-0.05, 0) is 49.4 Å². The third-order valence-corrected chi connectivity index (χ3v) is 3.50. The maximum absolute atomic E-state index is 5.65. The average molecular weight is 288 g/mol. The van der Waals surface area contributed by atoms with Crippen LogP contribution in [-0.4, -0.2) is 23.8 Å². The Labute approximate surface area is 128 Å². The van der Waals surface area contributed by atoms with Crippen LogP contribution in [0.1, 0.15) is 33.3 Å². The molecule has 0 atom stereocenters. The Morgan fingerprint density at radius 3 is 2.67 bits per heavy atom. The van der Waals surface area contributed by atoms with Gasteiger partial charge in [0.25, 0.3) is 0 Å². The SMILES string of the molecule is CC(C)CNCc1ccc2ccn(CCOC(C)C)c2c1. The maximum Gasteiger partial charge on any atom is 0.0649 e. The molecular weight excluding hydrogens is 260 g/mol. The Bertz CT molecular complexity index is 557. The Morgan fingerprint density at radius 2 is 1.95 bits per heavy atom. The van der Waals surface area contributed by atoms with E-state index in [1.165, 1.54) is 16.5 Å². The van der Waals surface area contributed by atoms with Crippen molar-refractivity contribution in [2.45, 2.75) is 46.9 Å². The molecule has 2 rings (SSSR count). The van der Waals surface area contributed by atoms with Crippen molar-refractivity contribution in [2.75, 3.05) is 13.2 Å². The molecule has 0 saturated carbocycles. The first-order valence-electron chi connectivity index (χ1n) is 7.96. The minimum atomic E-state index is 0.294. The lowest BCUT2D eigenvalue weighted by atomic mass is 10.1. The molecule has 3 nitrogen and oxygen atoms in total. The predicted octanol–water partition coefficient (Wildman–Crippen LogP) is 3.81. The van der Waals surface area contributed by atoms with Gasteiger partial charge in [0.2, 0.25) is 0 Å². The number of fused-ring (bicyclic) bond motifs is 1. The summed E-state index contributed by atoms with van der Waals surface area (Å²) in [5.41, 5.74) is 2.64. The van der Waals surface area contributed by atoms with Crippen molar-refractivity contribution < 1.29 is 4.74 Å². The highest BCUT2D eigenvalue weighted by molar-refractivity contribution is 5.80. The summed E-state index contributed by atoms with van der Waals surface area (Å²) < 4.78 is 7.93. The quantitative estimate of drug-likeness (QED) is 0.799. The monoisotopic (exact) mass is 288 g/mol. The van der Waals surface area contributed by atoms with Crippen molar-refractivity contribution in [3.05, 3.63) is 36.0 Å². The fourth-order valence-corrected chi connectivity index (χ4v) is 2.43. The molecule has 1 N–H and O–H groups in total. The van der Waals surface area contributed by atoms with Gasteiger partial charge in [0.15, 0.2) is 0 Å². The van der Waals surface area contributed by atoms with Gasteiger partial charge < -0.3 is 14.6 Å². The van der Waals surface area contributed by atoms with E-state index in [-0.39, 0.29) is 0 Å². The van der Waals surface area contributed by atoms with Crippen LogP contribution in [0.4, 0.5) is 0 Å². The van der Waals surface area contributed by atoms with E-state index in [9.17, 15) is 0 Å². The van der Waals surface area contributed by atoms with Crippen LogP contribution in [0.2, 0.25) is 0 Å². The Balaban J connectivity index is 2.02. The van der Waals surface area contributed by atoms with Crippen molar-refractivity contribution >= 4 is 10.9 Å². The van der Waals surface area contributed by atoms with E-state index in [1.807, 2.05) is 0 Å². The molecule has 0 spiro atoms. The zero-order chi connectivity index (χ0) is 15.2. The van der Waals surface area contributed by atoms with Gasteiger partial charge in [0, 0.05) is 24.8 Å². The molecule has 0 bridgehead atoms. The largest absolute Gasteiger partial charge is 0.377 e. The predicted molar refractivity (Wildman–Crippen MR) is 89.6 cm³/mol. The third kappa shape index (κ3) is 4.87. The van der Waals surface area contributed by atoms with Gasteiger partial charge in [0.1, 0.15) is 0 Å². The van der Waals surface area contributed by atoms with E-state index in [1.54, 1.807) is 0 Å². The van der Waals surface area contributed by atoms with E-state index in [4.69, 9.17) is 4.74 Å². The average Bonchev–Trinajstić information content (AvgIpc) is 2.81. The lowest BCUT2D eigenvalue weighted by molar-refractivity contribution is 0.0733. The number of rotatable bonds is 8. The van der Waals surface area contributed by atoms with Gasteiger partial charge in [-0.15, -0.1) is 0 Å². The molecule has 1 heterocycles. The molecule has 3 heteroatoms. The van der Waals surface area contributed by atoms with Crippen molar-refractivity contribution in [2.24, 2.45) is 5.92 Å².